The minimum absolute atomic E-state index is 0.443. The van der Waals surface area contributed by atoms with Gasteiger partial charge in [0.25, 0.3) is 0 Å². The van der Waals surface area contributed by atoms with Gasteiger partial charge in [0.1, 0.15) is 5.82 Å². The lowest BCUT2D eigenvalue weighted by Gasteiger charge is -2.24. The summed E-state index contributed by atoms with van der Waals surface area (Å²) in [5.74, 6) is 1.61. The third kappa shape index (κ3) is 3.49. The molecule has 0 aliphatic carbocycles. The molecule has 90 valence electrons. The van der Waals surface area contributed by atoms with Crippen molar-refractivity contribution in [3.8, 4) is 0 Å². The summed E-state index contributed by atoms with van der Waals surface area (Å²) in [5.41, 5.74) is 0.865. The fourth-order valence-corrected chi connectivity index (χ4v) is 1.66. The van der Waals surface area contributed by atoms with E-state index in [0.29, 0.717) is 5.92 Å². The third-order valence-corrected chi connectivity index (χ3v) is 2.54. The molecule has 0 unspecified atom stereocenters. The monoisotopic (exact) mass is 222 g/mol. The largest absolute Gasteiger partial charge is 0.389 e. The van der Waals surface area contributed by atoms with Crippen LogP contribution in [0, 0.1) is 5.92 Å². The van der Waals surface area contributed by atoms with Crippen LogP contribution in [0.4, 0.5) is 5.82 Å². The van der Waals surface area contributed by atoms with Crippen molar-refractivity contribution in [2.75, 3.05) is 18.0 Å². The molecule has 0 spiro atoms. The van der Waals surface area contributed by atoms with E-state index in [1.165, 1.54) is 0 Å². The van der Waals surface area contributed by atoms with Gasteiger partial charge in [0, 0.05) is 19.3 Å². The second-order valence-corrected chi connectivity index (χ2v) is 4.56. The molecule has 0 aliphatic heterocycles. The van der Waals surface area contributed by atoms with Gasteiger partial charge in [0.05, 0.1) is 6.10 Å². The van der Waals surface area contributed by atoms with Crippen molar-refractivity contribution >= 4 is 5.82 Å². The van der Waals surface area contributed by atoms with Crippen LogP contribution in [0.5, 0.6) is 0 Å². The smallest absolute Gasteiger partial charge is 0.128 e. The van der Waals surface area contributed by atoms with E-state index in [9.17, 15) is 5.11 Å². The zero-order valence-corrected chi connectivity index (χ0v) is 10.6. The molecule has 0 aliphatic rings. The predicted octanol–water partition coefficient (Wildman–Crippen LogP) is 2.62. The van der Waals surface area contributed by atoms with E-state index in [4.69, 9.17) is 0 Å². The highest BCUT2D eigenvalue weighted by Crippen LogP contribution is 2.16. The van der Waals surface area contributed by atoms with E-state index in [0.717, 1.165) is 24.5 Å². The van der Waals surface area contributed by atoms with Crippen molar-refractivity contribution in [2.24, 2.45) is 5.92 Å². The first-order chi connectivity index (χ1) is 7.54. The van der Waals surface area contributed by atoms with E-state index in [2.05, 4.69) is 30.7 Å². The number of hydrogen-bond donors (Lipinski definition) is 1. The quantitative estimate of drug-likeness (QED) is 0.832. The van der Waals surface area contributed by atoms with Crippen LogP contribution in [0.1, 0.15) is 39.4 Å². The molecule has 3 heteroatoms. The SMILES string of the molecule is CCN(CC(C)C)c1ccc([C@H](C)O)cn1. The molecule has 1 atom stereocenters. The lowest BCUT2D eigenvalue weighted by atomic mass is 10.2. The van der Waals surface area contributed by atoms with Crippen LogP contribution >= 0.6 is 0 Å². The molecule has 1 heterocycles. The number of nitrogens with zero attached hydrogens (tertiary/aromatic N) is 2. The average Bonchev–Trinajstić information content (AvgIpc) is 2.25. The maximum Gasteiger partial charge on any atom is 0.128 e. The summed E-state index contributed by atoms with van der Waals surface area (Å²) in [7, 11) is 0. The Bertz CT molecular complexity index is 306. The van der Waals surface area contributed by atoms with Gasteiger partial charge in [-0.15, -0.1) is 0 Å². The Morgan fingerprint density at radius 3 is 2.38 bits per heavy atom. The molecule has 1 N–H and O–H groups in total. The molecular weight excluding hydrogens is 200 g/mol. The molecule has 0 radical (unpaired) electrons. The highest BCUT2D eigenvalue weighted by atomic mass is 16.3. The van der Waals surface area contributed by atoms with Crippen LogP contribution in [0.15, 0.2) is 18.3 Å². The number of aromatic nitrogens is 1. The Labute approximate surface area is 98.1 Å². The number of aliphatic hydroxyl groups excluding tert-OH is 1. The van der Waals surface area contributed by atoms with Crippen LogP contribution in [0.2, 0.25) is 0 Å². The van der Waals surface area contributed by atoms with E-state index < -0.39 is 6.10 Å². The van der Waals surface area contributed by atoms with Gasteiger partial charge in [-0.25, -0.2) is 4.98 Å². The Morgan fingerprint density at radius 1 is 1.31 bits per heavy atom. The molecule has 1 rings (SSSR count). The van der Waals surface area contributed by atoms with Crippen LogP contribution in [0.3, 0.4) is 0 Å². The zero-order chi connectivity index (χ0) is 12.1. The molecule has 0 saturated carbocycles. The minimum atomic E-state index is -0.443. The minimum Gasteiger partial charge on any atom is -0.389 e. The molecule has 3 nitrogen and oxygen atoms in total. The van der Waals surface area contributed by atoms with Crippen LogP contribution < -0.4 is 4.90 Å². The van der Waals surface area contributed by atoms with Gasteiger partial charge in [-0.3, -0.25) is 0 Å². The molecule has 0 saturated heterocycles. The van der Waals surface area contributed by atoms with Gasteiger partial charge >= 0.3 is 0 Å². The lowest BCUT2D eigenvalue weighted by Crippen LogP contribution is -2.28. The number of pyridine rings is 1. The maximum atomic E-state index is 9.40. The van der Waals surface area contributed by atoms with Gasteiger partial charge in [-0.2, -0.15) is 0 Å². The average molecular weight is 222 g/mol. The Morgan fingerprint density at radius 2 is 2.00 bits per heavy atom. The summed E-state index contributed by atoms with van der Waals surface area (Å²) in [6, 6.07) is 3.92. The fourth-order valence-electron chi connectivity index (χ4n) is 1.66. The fraction of sp³-hybridized carbons (Fsp3) is 0.615. The van der Waals surface area contributed by atoms with E-state index >= 15 is 0 Å². The highest BCUT2D eigenvalue weighted by molar-refractivity contribution is 5.39. The summed E-state index contributed by atoms with van der Waals surface area (Å²) in [4.78, 5) is 6.64. The Balaban J connectivity index is 2.78. The van der Waals surface area contributed by atoms with Crippen molar-refractivity contribution in [1.82, 2.24) is 4.98 Å². The van der Waals surface area contributed by atoms with Crippen molar-refractivity contribution in [1.29, 1.82) is 0 Å². The second kappa shape index (κ2) is 5.85. The molecule has 1 aromatic rings. The van der Waals surface area contributed by atoms with E-state index in [1.807, 2.05) is 12.1 Å². The van der Waals surface area contributed by atoms with Crippen LogP contribution in [-0.4, -0.2) is 23.2 Å². The zero-order valence-electron chi connectivity index (χ0n) is 10.6. The molecule has 16 heavy (non-hydrogen) atoms. The van der Waals surface area contributed by atoms with Crippen molar-refractivity contribution in [3.63, 3.8) is 0 Å². The summed E-state index contributed by atoms with van der Waals surface area (Å²) in [6.07, 6.45) is 1.31. The first kappa shape index (κ1) is 13.0. The van der Waals surface area contributed by atoms with Crippen molar-refractivity contribution in [2.45, 2.75) is 33.8 Å². The van der Waals surface area contributed by atoms with Crippen molar-refractivity contribution in [3.05, 3.63) is 23.9 Å². The summed E-state index contributed by atoms with van der Waals surface area (Å²) >= 11 is 0. The standard InChI is InChI=1S/C13H22N2O/c1-5-15(9-10(2)3)13-7-6-12(8-14-13)11(4)16/h6-8,10-11,16H,5,9H2,1-4H3/t11-/m0/s1. The Kier molecular flexibility index (Phi) is 4.74. The summed E-state index contributed by atoms with van der Waals surface area (Å²) in [5, 5.41) is 9.40. The van der Waals surface area contributed by atoms with Gasteiger partial charge in [-0.1, -0.05) is 19.9 Å². The Hall–Kier alpha value is -1.09. The number of aliphatic hydroxyl groups is 1. The molecule has 0 fully saturated rings. The van der Waals surface area contributed by atoms with Crippen molar-refractivity contribution < 1.29 is 5.11 Å². The van der Waals surface area contributed by atoms with Gasteiger partial charge in [0.15, 0.2) is 0 Å². The number of anilines is 1. The number of rotatable bonds is 5. The normalized spacial score (nSPS) is 12.9. The summed E-state index contributed by atoms with van der Waals surface area (Å²) in [6.45, 7) is 10.3. The lowest BCUT2D eigenvalue weighted by molar-refractivity contribution is 0.199. The van der Waals surface area contributed by atoms with Crippen LogP contribution in [-0.2, 0) is 0 Å². The first-order valence-corrected chi connectivity index (χ1v) is 5.93. The molecule has 1 aromatic heterocycles. The molecular formula is C13H22N2O. The third-order valence-electron chi connectivity index (χ3n) is 2.54. The second-order valence-electron chi connectivity index (χ2n) is 4.56. The first-order valence-electron chi connectivity index (χ1n) is 5.93. The maximum absolute atomic E-state index is 9.40. The van der Waals surface area contributed by atoms with E-state index in [1.54, 1.807) is 13.1 Å². The molecule has 0 amide bonds. The highest BCUT2D eigenvalue weighted by Gasteiger charge is 2.08. The van der Waals surface area contributed by atoms with Crippen LogP contribution in [0.25, 0.3) is 0 Å². The van der Waals surface area contributed by atoms with Gasteiger partial charge in [-0.05, 0) is 31.4 Å². The van der Waals surface area contributed by atoms with E-state index in [-0.39, 0.29) is 0 Å². The summed E-state index contributed by atoms with van der Waals surface area (Å²) < 4.78 is 0. The van der Waals surface area contributed by atoms with Gasteiger partial charge in [0.2, 0.25) is 0 Å². The topological polar surface area (TPSA) is 36.4 Å². The molecule has 0 aromatic carbocycles. The predicted molar refractivity (Wildman–Crippen MR) is 67.6 cm³/mol. The van der Waals surface area contributed by atoms with Gasteiger partial charge < -0.3 is 10.0 Å². The number of hydrogen-bond acceptors (Lipinski definition) is 3. The molecule has 0 bridgehead atoms.